The lowest BCUT2D eigenvalue weighted by Gasteiger charge is -2.27. The zero-order chi connectivity index (χ0) is 24.3. The number of likely N-dealkylation sites (tertiary alicyclic amines) is 1. The molecule has 9 heteroatoms. The van der Waals surface area contributed by atoms with Gasteiger partial charge in [-0.3, -0.25) is 9.59 Å². The molecule has 33 heavy (non-hydrogen) atoms. The summed E-state index contributed by atoms with van der Waals surface area (Å²) < 4.78 is 4.79. The first-order chi connectivity index (χ1) is 15.8. The lowest BCUT2D eigenvalue weighted by atomic mass is 9.97. The Hall–Kier alpha value is -2.91. The lowest BCUT2D eigenvalue weighted by molar-refractivity contribution is -0.896. The quantitative estimate of drug-likeness (QED) is 0.245. The normalized spacial score (nSPS) is 17.9. The highest BCUT2D eigenvalue weighted by Gasteiger charge is 2.44. The summed E-state index contributed by atoms with van der Waals surface area (Å²) in [6.45, 7) is 10.8. The topological polar surface area (TPSA) is 107 Å². The van der Waals surface area contributed by atoms with Gasteiger partial charge in [-0.25, -0.2) is 4.79 Å². The number of carbonyl (C=O) groups is 3. The van der Waals surface area contributed by atoms with Crippen LogP contribution in [0.5, 0.6) is 0 Å². The summed E-state index contributed by atoms with van der Waals surface area (Å²) in [6.07, 6.45) is 0.730. The molecule has 178 valence electrons. The van der Waals surface area contributed by atoms with Crippen LogP contribution in [0.3, 0.4) is 0 Å². The molecular formula is C24H31N3O5S. The van der Waals surface area contributed by atoms with Crippen molar-refractivity contribution in [3.63, 3.8) is 0 Å². The van der Waals surface area contributed by atoms with Crippen LogP contribution in [-0.4, -0.2) is 60.8 Å². The number of amides is 1. The van der Waals surface area contributed by atoms with Gasteiger partial charge in [-0.1, -0.05) is 11.8 Å². The average Bonchev–Trinajstić information content (AvgIpc) is 3.49. The predicted molar refractivity (Wildman–Crippen MR) is 124 cm³/mol. The number of ether oxygens (including phenoxy) is 1. The van der Waals surface area contributed by atoms with E-state index in [0.29, 0.717) is 17.8 Å². The van der Waals surface area contributed by atoms with Gasteiger partial charge in [0.2, 0.25) is 5.78 Å². The fourth-order valence-corrected chi connectivity index (χ4v) is 5.32. The van der Waals surface area contributed by atoms with Crippen molar-refractivity contribution in [2.75, 3.05) is 33.3 Å². The second kappa shape index (κ2) is 10.4. The number of aromatic nitrogens is 1. The molecule has 0 saturated carbocycles. The van der Waals surface area contributed by atoms with Gasteiger partial charge in [-0.2, -0.15) is 0 Å². The number of nitrogens with one attached hydrogen (secondary N) is 2. The third-order valence-electron chi connectivity index (χ3n) is 6.33. The Kier molecular flexibility index (Phi) is 7.76. The van der Waals surface area contributed by atoms with Gasteiger partial charge in [0.15, 0.2) is 0 Å². The number of ketones is 1. The number of aromatic amines is 1. The van der Waals surface area contributed by atoms with Crippen molar-refractivity contribution in [2.45, 2.75) is 40.2 Å². The van der Waals surface area contributed by atoms with Gasteiger partial charge >= 0.3 is 5.97 Å². The number of aryl methyl sites for hydroxylation is 1. The minimum atomic E-state index is -0.770. The van der Waals surface area contributed by atoms with E-state index in [9.17, 15) is 19.5 Å². The summed E-state index contributed by atoms with van der Waals surface area (Å²) in [5.41, 5.74) is 1.22. The van der Waals surface area contributed by atoms with Gasteiger partial charge in [0.25, 0.3) is 5.91 Å². The summed E-state index contributed by atoms with van der Waals surface area (Å²) in [7, 11) is 1.26. The third-order valence-corrected chi connectivity index (χ3v) is 7.25. The van der Waals surface area contributed by atoms with Crippen LogP contribution in [0.2, 0.25) is 0 Å². The Bertz CT molecular complexity index is 1070. The van der Waals surface area contributed by atoms with Crippen molar-refractivity contribution in [1.82, 2.24) is 9.88 Å². The van der Waals surface area contributed by atoms with Crippen molar-refractivity contribution in [3.05, 3.63) is 50.5 Å². The van der Waals surface area contributed by atoms with Crippen LogP contribution >= 0.6 is 11.3 Å². The molecule has 1 aliphatic rings. The van der Waals surface area contributed by atoms with Crippen LogP contribution in [0.25, 0.3) is 5.76 Å². The summed E-state index contributed by atoms with van der Waals surface area (Å²) in [5.74, 6) is -2.53. The molecule has 0 aliphatic carbocycles. The maximum Gasteiger partial charge on any atom is 0.354 e. The fraction of sp³-hybridized carbons (Fsp3) is 0.458. The summed E-state index contributed by atoms with van der Waals surface area (Å²) in [5, 5.41) is 15.6. The number of hydrogen-bond acceptors (Lipinski definition) is 6. The number of esters is 1. The zero-order valence-corrected chi connectivity index (χ0v) is 20.6. The Labute approximate surface area is 197 Å². The Morgan fingerprint density at radius 2 is 1.97 bits per heavy atom. The maximum atomic E-state index is 13.7. The minimum Gasteiger partial charge on any atom is -0.872 e. The Morgan fingerprint density at radius 1 is 1.27 bits per heavy atom. The number of hydrogen-bond donors (Lipinski definition) is 2. The number of methoxy groups -OCH3 is 1. The van der Waals surface area contributed by atoms with Crippen LogP contribution in [0.1, 0.15) is 58.5 Å². The predicted octanol–water partition coefficient (Wildman–Crippen LogP) is 1.02. The van der Waals surface area contributed by atoms with Crippen LogP contribution in [-0.2, 0) is 14.3 Å². The van der Waals surface area contributed by atoms with Crippen molar-refractivity contribution in [3.8, 4) is 0 Å². The molecular weight excluding hydrogens is 442 g/mol. The van der Waals surface area contributed by atoms with Crippen molar-refractivity contribution >= 4 is 34.8 Å². The SMILES string of the molecule is CC[NH+](CC)CCCN1C(=O)C(=O)C(=C([O-])c2c(C)[nH]c(C(=O)OC)c2C)C1c1cccs1. The molecule has 8 nitrogen and oxygen atoms in total. The van der Waals surface area contributed by atoms with Gasteiger partial charge in [0.1, 0.15) is 5.69 Å². The highest BCUT2D eigenvalue weighted by molar-refractivity contribution is 7.10. The van der Waals surface area contributed by atoms with E-state index in [1.807, 2.05) is 17.5 Å². The van der Waals surface area contributed by atoms with Crippen LogP contribution < -0.4 is 10.0 Å². The summed E-state index contributed by atoms with van der Waals surface area (Å²) >= 11 is 1.41. The molecule has 0 radical (unpaired) electrons. The van der Waals surface area contributed by atoms with E-state index in [-0.39, 0.29) is 16.8 Å². The van der Waals surface area contributed by atoms with E-state index in [0.717, 1.165) is 30.9 Å². The number of rotatable bonds is 9. The summed E-state index contributed by atoms with van der Waals surface area (Å²) in [6, 6.07) is 2.96. The molecule has 1 fully saturated rings. The lowest BCUT2D eigenvalue weighted by Crippen LogP contribution is -3.11. The molecule has 3 rings (SSSR count). The number of thiophene rings is 1. The molecule has 1 amide bonds. The molecule has 2 N–H and O–H groups in total. The van der Waals surface area contributed by atoms with Gasteiger partial charge in [-0.15, -0.1) is 11.3 Å². The van der Waals surface area contributed by atoms with E-state index in [1.54, 1.807) is 13.8 Å². The van der Waals surface area contributed by atoms with Crippen molar-refractivity contribution in [2.24, 2.45) is 0 Å². The molecule has 1 unspecified atom stereocenters. The number of quaternary nitrogens is 1. The second-order valence-corrected chi connectivity index (χ2v) is 9.14. The van der Waals surface area contributed by atoms with Gasteiger partial charge in [0, 0.05) is 29.1 Å². The molecule has 2 aromatic rings. The van der Waals surface area contributed by atoms with Gasteiger partial charge in [0.05, 0.1) is 32.8 Å². The molecule has 0 bridgehead atoms. The average molecular weight is 474 g/mol. The molecule has 0 spiro atoms. The van der Waals surface area contributed by atoms with Gasteiger partial charge < -0.3 is 24.6 Å². The minimum absolute atomic E-state index is 0.0562. The van der Waals surface area contributed by atoms with Crippen LogP contribution in [0, 0.1) is 13.8 Å². The van der Waals surface area contributed by atoms with Crippen LogP contribution in [0.4, 0.5) is 0 Å². The fourth-order valence-electron chi connectivity index (χ4n) is 4.48. The first kappa shape index (κ1) is 24.7. The monoisotopic (exact) mass is 473 g/mol. The van der Waals surface area contributed by atoms with Gasteiger partial charge in [-0.05, 0) is 50.3 Å². The molecule has 0 aromatic carbocycles. The Balaban J connectivity index is 2.06. The molecule has 1 atom stereocenters. The first-order valence-electron chi connectivity index (χ1n) is 11.2. The first-order valence-corrected chi connectivity index (χ1v) is 12.1. The zero-order valence-electron chi connectivity index (χ0n) is 19.7. The molecule has 2 aromatic heterocycles. The number of nitrogens with zero attached hydrogens (tertiary/aromatic N) is 1. The molecule has 3 heterocycles. The molecule has 1 aliphatic heterocycles. The number of carbonyl (C=O) groups excluding carboxylic acids is 3. The highest BCUT2D eigenvalue weighted by Crippen LogP contribution is 2.41. The van der Waals surface area contributed by atoms with E-state index in [4.69, 9.17) is 4.74 Å². The second-order valence-electron chi connectivity index (χ2n) is 8.17. The largest absolute Gasteiger partial charge is 0.872 e. The highest BCUT2D eigenvalue weighted by atomic mass is 32.1. The van der Waals surface area contributed by atoms with E-state index in [1.165, 1.54) is 28.2 Å². The van der Waals surface area contributed by atoms with E-state index in [2.05, 4.69) is 18.8 Å². The Morgan fingerprint density at radius 3 is 2.55 bits per heavy atom. The third kappa shape index (κ3) is 4.60. The molecule has 1 saturated heterocycles. The van der Waals surface area contributed by atoms with Crippen molar-refractivity contribution in [1.29, 1.82) is 0 Å². The summed E-state index contributed by atoms with van der Waals surface area (Å²) in [4.78, 5) is 44.8. The smallest absolute Gasteiger partial charge is 0.354 e. The number of Topliss-reactive ketones (excluding diaryl/α,β-unsaturated/α-hetero) is 1. The van der Waals surface area contributed by atoms with Crippen molar-refractivity contribution < 1.29 is 29.1 Å². The van der Waals surface area contributed by atoms with Crippen LogP contribution in [0.15, 0.2) is 23.1 Å². The maximum absolute atomic E-state index is 13.7. The number of H-pyrrole nitrogens is 1. The van der Waals surface area contributed by atoms with E-state index < -0.39 is 29.5 Å². The van der Waals surface area contributed by atoms with E-state index >= 15 is 0 Å². The standard InChI is InChI=1S/C24H31N3O5S/c1-6-26(7-2)11-9-12-27-20(16-10-8-13-33-16)18(22(29)23(27)30)21(28)17-14(3)19(24(31)32-5)25-15(17)4/h8,10,13,20,25,28H,6-7,9,11-12H2,1-5H3.